The molecule has 0 aromatic carbocycles. The second-order valence-corrected chi connectivity index (χ2v) is 4.57. The molecule has 0 bridgehead atoms. The van der Waals surface area contributed by atoms with Crippen LogP contribution in [0.25, 0.3) is 0 Å². The quantitative estimate of drug-likeness (QED) is 0.177. The fourth-order valence-electron chi connectivity index (χ4n) is 1.48. The second kappa shape index (κ2) is 19.1. The van der Waals surface area contributed by atoms with Crippen molar-refractivity contribution >= 4 is 35.8 Å². The van der Waals surface area contributed by atoms with Crippen LogP contribution in [-0.2, 0) is 28.8 Å². The smallest absolute Gasteiger partial charge is 0.543 e. The maximum Gasteiger partial charge on any atom is 1.00 e. The van der Waals surface area contributed by atoms with Gasteiger partial charge in [0.25, 0.3) is 0 Å². The van der Waals surface area contributed by atoms with Gasteiger partial charge >= 0.3 is 83.0 Å². The summed E-state index contributed by atoms with van der Waals surface area (Å²) in [6.07, 6.45) is 0. The van der Waals surface area contributed by atoms with E-state index in [2.05, 4.69) is 0 Å². The Morgan fingerprint density at radius 2 is 0.714 bits per heavy atom. The van der Waals surface area contributed by atoms with E-state index in [4.69, 9.17) is 40.2 Å². The van der Waals surface area contributed by atoms with Gasteiger partial charge in [0.1, 0.15) is 0 Å². The number of aliphatic carboxylic acids is 6. The Morgan fingerprint density at radius 3 is 0.821 bits per heavy atom. The molecule has 0 aliphatic heterocycles. The van der Waals surface area contributed by atoms with Gasteiger partial charge in [-0.1, -0.05) is 0 Å². The monoisotopic (exact) mass is 426 g/mol. The Kier molecular flexibility index (Phi) is 23.3. The molecule has 0 amide bonds. The summed E-state index contributed by atoms with van der Waals surface area (Å²) in [6, 6.07) is 0. The van der Waals surface area contributed by atoms with Gasteiger partial charge in [-0.3, -0.25) is 29.0 Å². The normalized spacial score (nSPS) is 9.21. The third-order valence-corrected chi connectivity index (χ3v) is 2.33. The van der Waals surface area contributed by atoms with E-state index in [-0.39, 0.29) is 72.2 Å². The molecule has 16 heteroatoms. The van der Waals surface area contributed by atoms with Crippen LogP contribution in [-0.4, -0.2) is 105 Å². The molecule has 0 saturated heterocycles. The predicted octanol–water partition coefficient (Wildman–Crippen LogP) is -11.6. The molecular formula is C12H16N2Na2O12. The zero-order valence-electron chi connectivity index (χ0n) is 15.2. The molecule has 0 aliphatic carbocycles. The third-order valence-electron chi connectivity index (χ3n) is 2.33. The van der Waals surface area contributed by atoms with E-state index < -0.39 is 62.0 Å². The van der Waals surface area contributed by atoms with Crippen molar-refractivity contribution in [2.75, 3.05) is 39.3 Å². The van der Waals surface area contributed by atoms with Crippen molar-refractivity contribution in [3.8, 4) is 0 Å². The van der Waals surface area contributed by atoms with Gasteiger partial charge < -0.3 is 40.2 Å². The van der Waals surface area contributed by atoms with Gasteiger partial charge in [0.15, 0.2) is 0 Å². The summed E-state index contributed by atoms with van der Waals surface area (Å²) >= 11 is 0. The molecule has 0 spiro atoms. The number of rotatable bonds is 11. The topological polar surface area (TPSA) is 236 Å². The number of carboxylic acid groups (broad SMARTS) is 6. The first-order valence-electron chi connectivity index (χ1n) is 6.59. The van der Waals surface area contributed by atoms with Gasteiger partial charge in [-0.25, -0.2) is 0 Å². The number of carbonyl (C=O) groups excluding carboxylic acids is 2. The first-order valence-corrected chi connectivity index (χ1v) is 6.59. The van der Waals surface area contributed by atoms with E-state index in [1.165, 1.54) is 0 Å². The van der Waals surface area contributed by atoms with Crippen LogP contribution in [0.3, 0.4) is 0 Å². The van der Waals surface area contributed by atoms with Crippen LogP contribution in [0.2, 0.25) is 0 Å². The van der Waals surface area contributed by atoms with Crippen LogP contribution in [0.4, 0.5) is 0 Å². The number of carbonyl (C=O) groups is 6. The van der Waals surface area contributed by atoms with Crippen molar-refractivity contribution in [3.63, 3.8) is 0 Å². The van der Waals surface area contributed by atoms with Crippen LogP contribution in [0, 0.1) is 0 Å². The van der Waals surface area contributed by atoms with Crippen LogP contribution in [0.1, 0.15) is 0 Å². The SMILES string of the molecule is O=C(O)CN(CCN(CC(=O)O)CC(=O)O)CC(=O)O.O=C([O-])C(=O)[O-].[Na+].[Na+]. The Balaban J connectivity index is -0.000000312. The molecule has 0 saturated carbocycles. The average molecular weight is 426 g/mol. The zero-order chi connectivity index (χ0) is 20.9. The Labute approximate surface area is 202 Å². The van der Waals surface area contributed by atoms with Gasteiger partial charge in [-0.2, -0.15) is 0 Å². The Morgan fingerprint density at radius 1 is 0.536 bits per heavy atom. The van der Waals surface area contributed by atoms with Crippen molar-refractivity contribution in [1.29, 1.82) is 0 Å². The molecule has 148 valence electrons. The molecule has 0 fully saturated rings. The summed E-state index contributed by atoms with van der Waals surface area (Å²) in [5, 5.41) is 52.3. The Bertz CT molecular complexity index is 477. The molecule has 4 N–H and O–H groups in total. The van der Waals surface area contributed by atoms with Gasteiger partial charge in [-0.05, 0) is 0 Å². The standard InChI is InChI=1S/C10H16N2O8.C2H2O4.2Na/c13-7(14)3-11(4-8(15)16)1-2-12(5-9(17)18)6-10(19)20;3-1(4)2(5)6;;/h1-6H2,(H,13,14)(H,15,16)(H,17,18)(H,19,20);(H,3,4)(H,5,6);;/q;;2*+1/p-2. The summed E-state index contributed by atoms with van der Waals surface area (Å²) in [4.78, 5) is 62.2. The summed E-state index contributed by atoms with van der Waals surface area (Å²) in [6.45, 7) is -2.25. The fourth-order valence-corrected chi connectivity index (χ4v) is 1.48. The summed E-state index contributed by atoms with van der Waals surface area (Å²) in [5.41, 5.74) is 0. The molecule has 0 atom stereocenters. The number of nitrogens with zero attached hydrogens (tertiary/aromatic N) is 2. The van der Waals surface area contributed by atoms with Crippen molar-refractivity contribution < 1.29 is 119 Å². The maximum absolute atomic E-state index is 10.6. The van der Waals surface area contributed by atoms with Gasteiger partial charge in [0, 0.05) is 13.1 Å². The molecule has 0 unspecified atom stereocenters. The molecule has 28 heavy (non-hydrogen) atoms. The van der Waals surface area contributed by atoms with E-state index >= 15 is 0 Å². The van der Waals surface area contributed by atoms with E-state index in [1.807, 2.05) is 0 Å². The predicted molar refractivity (Wildman–Crippen MR) is 73.4 cm³/mol. The largest absolute Gasteiger partial charge is 1.00 e. The number of hydrogen-bond acceptors (Lipinski definition) is 10. The number of carboxylic acids is 6. The van der Waals surface area contributed by atoms with Gasteiger partial charge in [0.05, 0.1) is 38.1 Å². The van der Waals surface area contributed by atoms with Gasteiger partial charge in [0.2, 0.25) is 0 Å². The third kappa shape index (κ3) is 24.7. The van der Waals surface area contributed by atoms with Crippen LogP contribution < -0.4 is 69.3 Å². The zero-order valence-corrected chi connectivity index (χ0v) is 19.2. The van der Waals surface area contributed by atoms with Gasteiger partial charge in [-0.15, -0.1) is 0 Å². The molecule has 0 aromatic rings. The molecule has 0 rings (SSSR count). The van der Waals surface area contributed by atoms with Crippen molar-refractivity contribution in [3.05, 3.63) is 0 Å². The fraction of sp³-hybridized carbons (Fsp3) is 0.500. The molecule has 0 aliphatic rings. The minimum absolute atomic E-state index is 0. The maximum atomic E-state index is 10.6. The minimum Gasteiger partial charge on any atom is -0.543 e. The van der Waals surface area contributed by atoms with Crippen LogP contribution in [0.15, 0.2) is 0 Å². The second-order valence-electron chi connectivity index (χ2n) is 4.57. The first-order chi connectivity index (χ1) is 11.8. The summed E-state index contributed by atoms with van der Waals surface area (Å²) < 4.78 is 0. The molecule has 0 radical (unpaired) electrons. The molecule has 0 heterocycles. The van der Waals surface area contributed by atoms with Crippen LogP contribution >= 0.6 is 0 Å². The Hall–Kier alpha value is -1.26. The number of hydrogen-bond donors (Lipinski definition) is 4. The van der Waals surface area contributed by atoms with Crippen molar-refractivity contribution in [2.45, 2.75) is 0 Å². The molecular weight excluding hydrogens is 410 g/mol. The van der Waals surface area contributed by atoms with E-state index in [0.717, 1.165) is 9.80 Å². The summed E-state index contributed by atoms with van der Waals surface area (Å²) in [5.74, 6) is -9.28. The van der Waals surface area contributed by atoms with Crippen molar-refractivity contribution in [2.24, 2.45) is 0 Å². The van der Waals surface area contributed by atoms with Crippen molar-refractivity contribution in [1.82, 2.24) is 9.80 Å². The summed E-state index contributed by atoms with van der Waals surface area (Å²) in [7, 11) is 0. The molecule has 0 aromatic heterocycles. The first kappa shape index (κ1) is 34.3. The van der Waals surface area contributed by atoms with E-state index in [9.17, 15) is 19.2 Å². The molecule has 14 nitrogen and oxygen atoms in total. The van der Waals surface area contributed by atoms with E-state index in [1.54, 1.807) is 0 Å². The average Bonchev–Trinajstić information content (AvgIpc) is 2.42. The van der Waals surface area contributed by atoms with Crippen LogP contribution in [0.5, 0.6) is 0 Å². The minimum atomic E-state index is -2.19. The van der Waals surface area contributed by atoms with E-state index in [0.29, 0.717) is 0 Å².